The Morgan fingerprint density at radius 2 is 2.11 bits per heavy atom. The molecular formula is C12H13FN4O2. The van der Waals surface area contributed by atoms with Crippen LogP contribution >= 0.6 is 0 Å². The number of hydrogen-bond donors (Lipinski definition) is 0. The van der Waals surface area contributed by atoms with Gasteiger partial charge >= 0.3 is 5.69 Å². The van der Waals surface area contributed by atoms with Gasteiger partial charge < -0.3 is 0 Å². The minimum absolute atomic E-state index is 0.106. The summed E-state index contributed by atoms with van der Waals surface area (Å²) < 4.78 is 15.0. The number of aryl methyl sites for hydroxylation is 2. The molecule has 0 saturated heterocycles. The van der Waals surface area contributed by atoms with Crippen molar-refractivity contribution in [1.29, 1.82) is 0 Å². The number of hydrogen-bond acceptors (Lipinski definition) is 4. The van der Waals surface area contributed by atoms with Gasteiger partial charge in [-0.2, -0.15) is 9.49 Å². The predicted octanol–water partition coefficient (Wildman–Crippen LogP) is 2.44. The van der Waals surface area contributed by atoms with Gasteiger partial charge in [-0.05, 0) is 12.1 Å². The minimum Gasteiger partial charge on any atom is -0.258 e. The van der Waals surface area contributed by atoms with E-state index in [0.717, 1.165) is 6.07 Å². The first-order chi connectivity index (χ1) is 9.08. The molecule has 0 atom stereocenters. The number of benzene rings is 1. The molecule has 0 N–H and O–H groups in total. The molecule has 6 nitrogen and oxygen atoms in total. The summed E-state index contributed by atoms with van der Waals surface area (Å²) in [5.74, 6) is 0.277. The smallest absolute Gasteiger partial charge is 0.258 e. The van der Waals surface area contributed by atoms with E-state index in [4.69, 9.17) is 0 Å². The Bertz CT molecular complexity index is 624. The standard InChI is InChI=1S/C12H13FN4O2/c1-3-10-14-11(4-2)16(15-10)9-7-5-6-8(13)12(9)17(18)19/h5-7H,3-4H2,1-2H3. The van der Waals surface area contributed by atoms with Crippen molar-refractivity contribution in [3.63, 3.8) is 0 Å². The first-order valence-corrected chi connectivity index (χ1v) is 5.96. The Morgan fingerprint density at radius 3 is 2.68 bits per heavy atom. The molecule has 0 fully saturated rings. The van der Waals surface area contributed by atoms with E-state index in [-0.39, 0.29) is 5.69 Å². The van der Waals surface area contributed by atoms with Gasteiger partial charge in [0.25, 0.3) is 0 Å². The quantitative estimate of drug-likeness (QED) is 0.628. The monoisotopic (exact) mass is 264 g/mol. The third kappa shape index (κ3) is 2.31. The summed E-state index contributed by atoms with van der Waals surface area (Å²) >= 11 is 0. The van der Waals surface area contributed by atoms with E-state index in [1.807, 2.05) is 13.8 Å². The third-order valence-corrected chi connectivity index (χ3v) is 2.73. The Labute approximate surface area is 109 Å². The van der Waals surface area contributed by atoms with Crippen molar-refractivity contribution in [3.8, 4) is 5.69 Å². The molecule has 0 amide bonds. The van der Waals surface area contributed by atoms with Gasteiger partial charge in [0.05, 0.1) is 4.92 Å². The first kappa shape index (κ1) is 13.1. The Morgan fingerprint density at radius 1 is 1.37 bits per heavy atom. The molecule has 2 rings (SSSR count). The molecule has 0 aliphatic rings. The van der Waals surface area contributed by atoms with Gasteiger partial charge in [0.1, 0.15) is 11.5 Å². The fourth-order valence-corrected chi connectivity index (χ4v) is 1.82. The fourth-order valence-electron chi connectivity index (χ4n) is 1.82. The predicted molar refractivity (Wildman–Crippen MR) is 66.7 cm³/mol. The van der Waals surface area contributed by atoms with Crippen molar-refractivity contribution >= 4 is 5.69 Å². The molecule has 100 valence electrons. The van der Waals surface area contributed by atoms with Crippen LogP contribution in [0.5, 0.6) is 0 Å². The van der Waals surface area contributed by atoms with Crippen LogP contribution in [-0.4, -0.2) is 19.7 Å². The maximum atomic E-state index is 13.6. The summed E-state index contributed by atoms with van der Waals surface area (Å²) in [5.41, 5.74) is -0.473. The molecule has 1 heterocycles. The molecule has 1 aromatic heterocycles. The van der Waals surface area contributed by atoms with Crippen molar-refractivity contribution in [3.05, 3.63) is 45.8 Å². The first-order valence-electron chi connectivity index (χ1n) is 5.96. The van der Waals surface area contributed by atoms with E-state index in [9.17, 15) is 14.5 Å². The lowest BCUT2D eigenvalue weighted by atomic mass is 10.2. The van der Waals surface area contributed by atoms with Gasteiger partial charge in [0.15, 0.2) is 5.82 Å². The fraction of sp³-hybridized carbons (Fsp3) is 0.333. The van der Waals surface area contributed by atoms with Crippen LogP contribution in [0, 0.1) is 15.9 Å². The molecule has 0 aliphatic heterocycles. The van der Waals surface area contributed by atoms with Gasteiger partial charge in [-0.25, -0.2) is 9.67 Å². The van der Waals surface area contributed by atoms with Crippen LogP contribution in [0.1, 0.15) is 25.5 Å². The largest absolute Gasteiger partial charge is 0.330 e. The molecular weight excluding hydrogens is 251 g/mol. The summed E-state index contributed by atoms with van der Waals surface area (Å²) in [6, 6.07) is 3.95. The van der Waals surface area contributed by atoms with E-state index in [2.05, 4.69) is 10.1 Å². The zero-order chi connectivity index (χ0) is 14.0. The second kappa shape index (κ2) is 5.13. The number of nitro benzene ring substituents is 1. The summed E-state index contributed by atoms with van der Waals surface area (Å²) in [4.78, 5) is 14.5. The molecule has 0 bridgehead atoms. The maximum absolute atomic E-state index is 13.6. The van der Waals surface area contributed by atoms with Crippen LogP contribution in [0.2, 0.25) is 0 Å². The van der Waals surface area contributed by atoms with Gasteiger partial charge in [0, 0.05) is 12.8 Å². The van der Waals surface area contributed by atoms with Crippen molar-refractivity contribution in [2.75, 3.05) is 0 Å². The molecule has 0 saturated carbocycles. The number of rotatable bonds is 4. The average Bonchev–Trinajstić information content (AvgIpc) is 2.81. The molecule has 19 heavy (non-hydrogen) atoms. The highest BCUT2D eigenvalue weighted by Crippen LogP contribution is 2.26. The van der Waals surface area contributed by atoms with Crippen molar-refractivity contribution in [2.45, 2.75) is 26.7 Å². The van der Waals surface area contributed by atoms with Gasteiger partial charge in [0.2, 0.25) is 5.82 Å². The lowest BCUT2D eigenvalue weighted by Gasteiger charge is -2.05. The number of halogens is 1. The van der Waals surface area contributed by atoms with Gasteiger partial charge in [-0.3, -0.25) is 10.1 Å². The van der Waals surface area contributed by atoms with Crippen LogP contribution in [0.3, 0.4) is 0 Å². The SMILES string of the molecule is CCc1nc(CC)n(-c2cccc(F)c2[N+](=O)[O-])n1. The molecule has 0 spiro atoms. The highest BCUT2D eigenvalue weighted by molar-refractivity contribution is 5.53. The van der Waals surface area contributed by atoms with Crippen LogP contribution < -0.4 is 0 Å². The minimum atomic E-state index is -0.877. The van der Waals surface area contributed by atoms with Crippen LogP contribution in [0.25, 0.3) is 5.69 Å². The summed E-state index contributed by atoms with van der Waals surface area (Å²) in [7, 11) is 0. The van der Waals surface area contributed by atoms with Crippen molar-refractivity contribution in [2.24, 2.45) is 0 Å². The number of nitrogens with zero attached hydrogens (tertiary/aromatic N) is 4. The van der Waals surface area contributed by atoms with E-state index in [1.165, 1.54) is 16.8 Å². The number of nitro groups is 1. The molecule has 0 aliphatic carbocycles. The summed E-state index contributed by atoms with van der Waals surface area (Å²) in [5, 5.41) is 15.2. The van der Waals surface area contributed by atoms with E-state index < -0.39 is 16.4 Å². The highest BCUT2D eigenvalue weighted by Gasteiger charge is 2.23. The molecule has 7 heteroatoms. The number of aromatic nitrogens is 3. The topological polar surface area (TPSA) is 73.8 Å². The Balaban J connectivity index is 2.68. The van der Waals surface area contributed by atoms with Crippen molar-refractivity contribution < 1.29 is 9.31 Å². The zero-order valence-corrected chi connectivity index (χ0v) is 10.6. The molecule has 0 radical (unpaired) electrons. The highest BCUT2D eigenvalue weighted by atomic mass is 19.1. The second-order valence-corrected chi connectivity index (χ2v) is 3.93. The van der Waals surface area contributed by atoms with Gasteiger partial charge in [-0.1, -0.05) is 19.9 Å². The zero-order valence-electron chi connectivity index (χ0n) is 10.6. The van der Waals surface area contributed by atoms with Crippen LogP contribution in [-0.2, 0) is 12.8 Å². The molecule has 0 unspecified atom stereocenters. The average molecular weight is 264 g/mol. The summed E-state index contributed by atoms with van der Waals surface area (Å²) in [6.45, 7) is 3.75. The second-order valence-electron chi connectivity index (χ2n) is 3.93. The van der Waals surface area contributed by atoms with Crippen molar-refractivity contribution in [1.82, 2.24) is 14.8 Å². The molecule has 2 aromatic rings. The Hall–Kier alpha value is -2.31. The third-order valence-electron chi connectivity index (χ3n) is 2.73. The van der Waals surface area contributed by atoms with Crippen LogP contribution in [0.4, 0.5) is 10.1 Å². The number of para-hydroxylation sites is 1. The lowest BCUT2D eigenvalue weighted by Crippen LogP contribution is -2.07. The van der Waals surface area contributed by atoms with E-state index in [1.54, 1.807) is 0 Å². The van der Waals surface area contributed by atoms with E-state index in [0.29, 0.717) is 24.5 Å². The normalized spacial score (nSPS) is 10.7. The summed E-state index contributed by atoms with van der Waals surface area (Å²) in [6.07, 6.45) is 1.17. The molecule has 1 aromatic carbocycles. The van der Waals surface area contributed by atoms with Gasteiger partial charge in [-0.15, -0.1) is 0 Å². The maximum Gasteiger partial charge on any atom is 0.330 e. The lowest BCUT2D eigenvalue weighted by molar-refractivity contribution is -0.387. The van der Waals surface area contributed by atoms with Crippen LogP contribution in [0.15, 0.2) is 18.2 Å². The Kier molecular flexibility index (Phi) is 3.55. The van der Waals surface area contributed by atoms with E-state index >= 15 is 0 Å².